The van der Waals surface area contributed by atoms with Gasteiger partial charge in [0.05, 0.1) is 19.0 Å². The van der Waals surface area contributed by atoms with Crippen LogP contribution in [0.15, 0.2) is 24.3 Å². The number of β-amino-alcohol motifs (C(OH)–C–C–N with tert-alkyl or cyclic N) is 1. The molecule has 1 aromatic rings. The number of benzene rings is 1. The molecule has 2 atom stereocenters. The van der Waals surface area contributed by atoms with E-state index in [0.717, 1.165) is 15.6 Å². The number of aliphatic hydroxyl groups excluding tert-OH is 1. The van der Waals surface area contributed by atoms with E-state index in [1.807, 2.05) is 24.3 Å². The Labute approximate surface area is 149 Å². The Morgan fingerprint density at radius 3 is 2.72 bits per heavy atom. The molecule has 1 aromatic carbocycles. The largest absolute Gasteiger partial charge is 0.497 e. The monoisotopic (exact) mass is 370 g/mol. The minimum Gasteiger partial charge on any atom is -0.497 e. The summed E-state index contributed by atoms with van der Waals surface area (Å²) < 4.78 is 30.3. The van der Waals surface area contributed by atoms with Crippen molar-refractivity contribution in [2.75, 3.05) is 40.0 Å². The van der Waals surface area contributed by atoms with Gasteiger partial charge in [-0.25, -0.2) is 12.7 Å². The molecule has 0 spiro atoms. The van der Waals surface area contributed by atoms with Crippen molar-refractivity contribution in [1.29, 1.82) is 0 Å². The number of carbonyl (C=O) groups excluding carboxylic acids is 1. The van der Waals surface area contributed by atoms with Crippen LogP contribution >= 0.6 is 0 Å². The number of aliphatic hydroxyl groups is 1. The Bertz CT molecular complexity index is 705. The Morgan fingerprint density at radius 1 is 1.36 bits per heavy atom. The molecule has 140 valence electrons. The zero-order valence-corrected chi connectivity index (χ0v) is 15.7. The number of sulfonamides is 1. The van der Waals surface area contributed by atoms with Crippen LogP contribution in [0.5, 0.6) is 5.75 Å². The van der Waals surface area contributed by atoms with Crippen molar-refractivity contribution >= 4 is 15.9 Å². The minimum atomic E-state index is -3.41. The van der Waals surface area contributed by atoms with Crippen LogP contribution < -0.4 is 4.74 Å². The first-order chi connectivity index (χ1) is 11.7. The van der Waals surface area contributed by atoms with E-state index in [2.05, 4.69) is 0 Å². The van der Waals surface area contributed by atoms with Gasteiger partial charge in [0.15, 0.2) is 0 Å². The van der Waals surface area contributed by atoms with Gasteiger partial charge >= 0.3 is 0 Å². The second-order valence-corrected chi connectivity index (χ2v) is 8.77. The first-order valence-electron chi connectivity index (χ1n) is 8.22. The smallest absolute Gasteiger partial charge is 0.223 e. The van der Waals surface area contributed by atoms with Crippen LogP contribution in [-0.4, -0.2) is 74.8 Å². The lowest BCUT2D eigenvalue weighted by atomic mass is 10.1. The third-order valence-electron chi connectivity index (χ3n) is 4.50. The quantitative estimate of drug-likeness (QED) is 0.748. The van der Waals surface area contributed by atoms with Crippen LogP contribution in [0.25, 0.3) is 0 Å². The molecule has 1 aliphatic heterocycles. The summed E-state index contributed by atoms with van der Waals surface area (Å²) in [5, 5.41) is 10.1. The molecular weight excluding hydrogens is 344 g/mol. The lowest BCUT2D eigenvalue weighted by Crippen LogP contribution is -2.33. The molecule has 8 heteroatoms. The predicted molar refractivity (Wildman–Crippen MR) is 94.9 cm³/mol. The van der Waals surface area contributed by atoms with E-state index in [1.54, 1.807) is 12.0 Å². The number of likely N-dealkylation sites (tertiary alicyclic amines) is 1. The van der Waals surface area contributed by atoms with E-state index in [-0.39, 0.29) is 24.7 Å². The first kappa shape index (κ1) is 19.7. The summed E-state index contributed by atoms with van der Waals surface area (Å²) in [5.74, 6) is 0.0659. The van der Waals surface area contributed by atoms with Crippen molar-refractivity contribution in [3.63, 3.8) is 0 Å². The van der Waals surface area contributed by atoms with Crippen LogP contribution in [0.4, 0.5) is 0 Å². The summed E-state index contributed by atoms with van der Waals surface area (Å²) in [4.78, 5) is 13.9. The maximum Gasteiger partial charge on any atom is 0.223 e. The van der Waals surface area contributed by atoms with Gasteiger partial charge in [-0.1, -0.05) is 12.1 Å². The maximum atomic E-state index is 12.4. The molecule has 1 aliphatic rings. The van der Waals surface area contributed by atoms with Gasteiger partial charge in [0, 0.05) is 39.5 Å². The van der Waals surface area contributed by atoms with E-state index >= 15 is 0 Å². The minimum absolute atomic E-state index is 0.0772. The van der Waals surface area contributed by atoms with Gasteiger partial charge < -0.3 is 14.7 Å². The van der Waals surface area contributed by atoms with Crippen LogP contribution in [0.3, 0.4) is 0 Å². The normalized spacial score (nSPS) is 20.9. The molecular formula is C17H26N2O5S. The Morgan fingerprint density at radius 2 is 2.08 bits per heavy atom. The van der Waals surface area contributed by atoms with E-state index in [9.17, 15) is 18.3 Å². The fraction of sp³-hybridized carbons (Fsp3) is 0.588. The topological polar surface area (TPSA) is 87.2 Å². The summed E-state index contributed by atoms with van der Waals surface area (Å²) in [6.07, 6.45) is 0.0755. The molecule has 1 amide bonds. The van der Waals surface area contributed by atoms with Crippen molar-refractivity contribution in [3.05, 3.63) is 29.8 Å². The van der Waals surface area contributed by atoms with Crippen LogP contribution in [0.2, 0.25) is 0 Å². The Hall–Kier alpha value is -1.64. The molecule has 7 nitrogen and oxygen atoms in total. The molecule has 1 heterocycles. The third kappa shape index (κ3) is 5.17. The Kier molecular flexibility index (Phi) is 6.42. The number of ether oxygens (including phenoxy) is 1. The second-order valence-electron chi connectivity index (χ2n) is 6.54. The highest BCUT2D eigenvalue weighted by Crippen LogP contribution is 2.21. The summed E-state index contributed by atoms with van der Waals surface area (Å²) in [6.45, 7) is 0.454. The number of methoxy groups -OCH3 is 1. The van der Waals surface area contributed by atoms with Crippen LogP contribution in [-0.2, 0) is 21.2 Å². The van der Waals surface area contributed by atoms with Crippen molar-refractivity contribution in [2.45, 2.75) is 18.9 Å². The number of hydrogen-bond acceptors (Lipinski definition) is 5. The van der Waals surface area contributed by atoms with Gasteiger partial charge in [-0.2, -0.15) is 0 Å². The third-order valence-corrected chi connectivity index (χ3v) is 6.46. The van der Waals surface area contributed by atoms with Gasteiger partial charge in [0.2, 0.25) is 15.9 Å². The number of rotatable bonds is 7. The molecule has 0 unspecified atom stereocenters. The van der Waals surface area contributed by atoms with Gasteiger partial charge in [-0.05, 0) is 24.1 Å². The van der Waals surface area contributed by atoms with Gasteiger partial charge in [-0.15, -0.1) is 0 Å². The molecule has 0 radical (unpaired) electrons. The lowest BCUT2D eigenvalue weighted by molar-refractivity contribution is -0.130. The number of amides is 1. The molecule has 25 heavy (non-hydrogen) atoms. The van der Waals surface area contributed by atoms with Crippen LogP contribution in [0, 0.1) is 5.92 Å². The summed E-state index contributed by atoms with van der Waals surface area (Å²) >= 11 is 0. The van der Waals surface area contributed by atoms with Crippen molar-refractivity contribution in [2.24, 2.45) is 5.92 Å². The molecule has 1 fully saturated rings. The van der Waals surface area contributed by atoms with Crippen molar-refractivity contribution in [1.82, 2.24) is 9.21 Å². The van der Waals surface area contributed by atoms with E-state index in [4.69, 9.17) is 4.74 Å². The predicted octanol–water partition coefficient (Wildman–Crippen LogP) is 0.339. The zero-order valence-electron chi connectivity index (χ0n) is 14.9. The summed E-state index contributed by atoms with van der Waals surface area (Å²) in [5.41, 5.74) is 0.999. The summed E-state index contributed by atoms with van der Waals surface area (Å²) in [7, 11) is 1.12. The average molecular weight is 370 g/mol. The maximum absolute atomic E-state index is 12.4. The fourth-order valence-corrected chi connectivity index (χ4v) is 4.05. The summed E-state index contributed by atoms with van der Waals surface area (Å²) in [6, 6.07) is 7.54. The Balaban J connectivity index is 1.90. The van der Waals surface area contributed by atoms with Gasteiger partial charge in [-0.3, -0.25) is 4.79 Å². The average Bonchev–Trinajstić information content (AvgIpc) is 2.93. The van der Waals surface area contributed by atoms with E-state index < -0.39 is 22.0 Å². The van der Waals surface area contributed by atoms with Gasteiger partial charge in [0.1, 0.15) is 5.75 Å². The molecule has 0 bridgehead atoms. The number of aryl methyl sites for hydroxylation is 1. The zero-order chi connectivity index (χ0) is 18.6. The first-order valence-corrected chi connectivity index (χ1v) is 9.83. The molecule has 0 aliphatic carbocycles. The number of nitrogens with zero attached hydrogens (tertiary/aromatic N) is 2. The molecule has 2 rings (SSSR count). The lowest BCUT2D eigenvalue weighted by Gasteiger charge is -2.18. The number of hydrogen-bond donors (Lipinski definition) is 1. The van der Waals surface area contributed by atoms with Crippen LogP contribution in [0.1, 0.15) is 12.0 Å². The molecule has 0 saturated carbocycles. The highest BCUT2D eigenvalue weighted by Gasteiger charge is 2.37. The standard InChI is InChI=1S/C17H26N2O5S/c1-18(2)25(22,23)12-14-10-19(11-16(14)20)17(21)8-7-13-5-4-6-15(9-13)24-3/h4-6,9,14,16,20H,7-8,10-12H2,1-3H3/t14-,16+/m0/s1. The highest BCUT2D eigenvalue weighted by atomic mass is 32.2. The number of carbonyl (C=O) groups is 1. The van der Waals surface area contributed by atoms with E-state index in [1.165, 1.54) is 14.1 Å². The van der Waals surface area contributed by atoms with E-state index in [0.29, 0.717) is 12.8 Å². The SMILES string of the molecule is COc1cccc(CCC(=O)N2C[C@@H](CS(=O)(=O)N(C)C)[C@H](O)C2)c1. The second kappa shape index (κ2) is 8.16. The van der Waals surface area contributed by atoms with Gasteiger partial charge in [0.25, 0.3) is 0 Å². The van der Waals surface area contributed by atoms with Crippen molar-refractivity contribution < 1.29 is 23.1 Å². The molecule has 1 N–H and O–H groups in total. The molecule has 0 aromatic heterocycles. The fourth-order valence-electron chi connectivity index (χ4n) is 2.88. The molecule has 1 saturated heterocycles. The van der Waals surface area contributed by atoms with Crippen molar-refractivity contribution in [3.8, 4) is 5.75 Å². The highest BCUT2D eigenvalue weighted by molar-refractivity contribution is 7.89.